The zero-order valence-electron chi connectivity index (χ0n) is 11.3. The summed E-state index contributed by atoms with van der Waals surface area (Å²) < 4.78 is 10.4. The van der Waals surface area contributed by atoms with Gasteiger partial charge in [-0.05, 0) is 19.1 Å². The standard InChI is InChI=1S/C13H14N2O4S/c1-7-11(12(16)17)20-13(14-7)15-8-4-5-9(18-2)10(6-8)19-3/h4-6H,1-3H3,(H,14,15)(H,16,17). The van der Waals surface area contributed by atoms with Crippen molar-refractivity contribution in [3.8, 4) is 11.5 Å². The Balaban J connectivity index is 2.26. The largest absolute Gasteiger partial charge is 0.493 e. The van der Waals surface area contributed by atoms with E-state index in [0.29, 0.717) is 22.3 Å². The summed E-state index contributed by atoms with van der Waals surface area (Å²) in [4.78, 5) is 15.4. The number of carboxylic acid groups (broad SMARTS) is 1. The molecule has 20 heavy (non-hydrogen) atoms. The number of hydrogen-bond acceptors (Lipinski definition) is 6. The lowest BCUT2D eigenvalue weighted by Gasteiger charge is -2.09. The van der Waals surface area contributed by atoms with Crippen LogP contribution in [-0.4, -0.2) is 30.3 Å². The molecule has 0 radical (unpaired) electrons. The molecule has 1 heterocycles. The molecule has 0 amide bonds. The van der Waals surface area contributed by atoms with Crippen molar-refractivity contribution >= 4 is 28.1 Å². The summed E-state index contributed by atoms with van der Waals surface area (Å²) in [5.74, 6) is 0.240. The van der Waals surface area contributed by atoms with Crippen molar-refractivity contribution in [1.29, 1.82) is 0 Å². The summed E-state index contributed by atoms with van der Waals surface area (Å²) in [6.45, 7) is 1.67. The van der Waals surface area contributed by atoms with E-state index in [-0.39, 0.29) is 4.88 Å². The molecule has 0 unspecified atom stereocenters. The van der Waals surface area contributed by atoms with Gasteiger partial charge in [0, 0.05) is 11.8 Å². The number of carbonyl (C=O) groups is 1. The van der Waals surface area contributed by atoms with Crippen LogP contribution in [0.1, 0.15) is 15.4 Å². The van der Waals surface area contributed by atoms with Crippen LogP contribution in [0.3, 0.4) is 0 Å². The second-order valence-corrected chi connectivity index (χ2v) is 4.93. The Morgan fingerprint density at radius 2 is 2.00 bits per heavy atom. The van der Waals surface area contributed by atoms with Gasteiger partial charge in [0.25, 0.3) is 0 Å². The van der Waals surface area contributed by atoms with Crippen LogP contribution in [0, 0.1) is 6.92 Å². The Labute approximate surface area is 120 Å². The molecule has 0 aliphatic heterocycles. The van der Waals surface area contributed by atoms with Crippen LogP contribution >= 0.6 is 11.3 Å². The van der Waals surface area contributed by atoms with E-state index < -0.39 is 5.97 Å². The zero-order valence-corrected chi connectivity index (χ0v) is 12.1. The minimum absolute atomic E-state index is 0.230. The lowest BCUT2D eigenvalue weighted by Crippen LogP contribution is -1.94. The van der Waals surface area contributed by atoms with Gasteiger partial charge in [0.2, 0.25) is 0 Å². The molecule has 0 aliphatic rings. The molecule has 0 bridgehead atoms. The van der Waals surface area contributed by atoms with Crippen LogP contribution in [0.25, 0.3) is 0 Å². The number of thiazole rings is 1. The molecule has 0 aliphatic carbocycles. The summed E-state index contributed by atoms with van der Waals surface area (Å²) >= 11 is 1.09. The van der Waals surface area contributed by atoms with Gasteiger partial charge < -0.3 is 19.9 Å². The number of anilines is 2. The van der Waals surface area contributed by atoms with Gasteiger partial charge in [-0.2, -0.15) is 0 Å². The third-order valence-corrected chi connectivity index (χ3v) is 3.69. The molecule has 0 fully saturated rings. The first-order valence-electron chi connectivity index (χ1n) is 5.75. The Hall–Kier alpha value is -2.28. The molecular weight excluding hydrogens is 280 g/mol. The minimum atomic E-state index is -0.972. The summed E-state index contributed by atoms with van der Waals surface area (Å²) in [5.41, 5.74) is 1.24. The van der Waals surface area contributed by atoms with Gasteiger partial charge in [0.1, 0.15) is 4.88 Å². The third kappa shape index (κ3) is 2.83. The summed E-state index contributed by atoms with van der Waals surface area (Å²) in [7, 11) is 3.12. The van der Waals surface area contributed by atoms with Crippen molar-refractivity contribution in [2.24, 2.45) is 0 Å². The fourth-order valence-electron chi connectivity index (χ4n) is 1.69. The topological polar surface area (TPSA) is 80.7 Å². The number of aryl methyl sites for hydroxylation is 1. The third-order valence-electron chi connectivity index (χ3n) is 2.63. The Bertz CT molecular complexity index is 639. The monoisotopic (exact) mass is 294 g/mol. The lowest BCUT2D eigenvalue weighted by molar-refractivity contribution is 0.0701. The van der Waals surface area contributed by atoms with Gasteiger partial charge in [0.15, 0.2) is 16.6 Å². The number of carboxylic acids is 1. The fraction of sp³-hybridized carbons (Fsp3) is 0.231. The normalized spacial score (nSPS) is 10.2. The van der Waals surface area contributed by atoms with E-state index >= 15 is 0 Å². The fourth-order valence-corrected chi connectivity index (χ4v) is 2.51. The number of aromatic nitrogens is 1. The van der Waals surface area contributed by atoms with E-state index in [1.165, 1.54) is 0 Å². The molecule has 0 saturated heterocycles. The number of hydrogen-bond donors (Lipinski definition) is 2. The highest BCUT2D eigenvalue weighted by Crippen LogP contribution is 2.32. The van der Waals surface area contributed by atoms with E-state index in [1.54, 1.807) is 39.3 Å². The summed E-state index contributed by atoms with van der Waals surface area (Å²) in [5, 5.41) is 12.6. The van der Waals surface area contributed by atoms with E-state index in [9.17, 15) is 4.79 Å². The van der Waals surface area contributed by atoms with E-state index in [4.69, 9.17) is 14.6 Å². The van der Waals surface area contributed by atoms with Gasteiger partial charge >= 0.3 is 5.97 Å². The van der Waals surface area contributed by atoms with Crippen molar-refractivity contribution < 1.29 is 19.4 Å². The molecular formula is C13H14N2O4S. The van der Waals surface area contributed by atoms with Crippen molar-refractivity contribution in [3.05, 3.63) is 28.8 Å². The van der Waals surface area contributed by atoms with E-state index in [1.807, 2.05) is 0 Å². The molecule has 1 aromatic carbocycles. The average Bonchev–Trinajstić information content (AvgIpc) is 2.79. The maximum atomic E-state index is 11.0. The minimum Gasteiger partial charge on any atom is -0.493 e. The number of nitrogens with zero attached hydrogens (tertiary/aromatic N) is 1. The van der Waals surface area contributed by atoms with Gasteiger partial charge in [-0.25, -0.2) is 9.78 Å². The first kappa shape index (κ1) is 14.1. The highest BCUT2D eigenvalue weighted by molar-refractivity contribution is 7.17. The Morgan fingerprint density at radius 3 is 2.55 bits per heavy atom. The van der Waals surface area contributed by atoms with Crippen molar-refractivity contribution in [2.75, 3.05) is 19.5 Å². The van der Waals surface area contributed by atoms with Crippen molar-refractivity contribution in [2.45, 2.75) is 6.92 Å². The van der Waals surface area contributed by atoms with Crippen LogP contribution in [0.15, 0.2) is 18.2 Å². The number of benzene rings is 1. The Morgan fingerprint density at radius 1 is 1.30 bits per heavy atom. The molecule has 0 atom stereocenters. The first-order chi connectivity index (χ1) is 9.55. The molecule has 1 aromatic heterocycles. The van der Waals surface area contributed by atoms with Crippen LogP contribution in [0.4, 0.5) is 10.8 Å². The van der Waals surface area contributed by atoms with Crippen LogP contribution in [-0.2, 0) is 0 Å². The molecule has 106 valence electrons. The number of rotatable bonds is 5. The second kappa shape index (κ2) is 5.79. The quantitative estimate of drug-likeness (QED) is 0.882. The number of methoxy groups -OCH3 is 2. The molecule has 0 saturated carbocycles. The predicted octanol–water partition coefficient (Wildman–Crippen LogP) is 2.91. The van der Waals surface area contributed by atoms with Gasteiger partial charge in [-0.1, -0.05) is 11.3 Å². The maximum absolute atomic E-state index is 11.0. The van der Waals surface area contributed by atoms with E-state index in [0.717, 1.165) is 17.0 Å². The van der Waals surface area contributed by atoms with Crippen molar-refractivity contribution in [3.63, 3.8) is 0 Å². The van der Waals surface area contributed by atoms with Crippen LogP contribution < -0.4 is 14.8 Å². The highest BCUT2D eigenvalue weighted by Gasteiger charge is 2.14. The summed E-state index contributed by atoms with van der Waals surface area (Å²) in [6, 6.07) is 5.33. The Kier molecular flexibility index (Phi) is 4.09. The van der Waals surface area contributed by atoms with Crippen LogP contribution in [0.2, 0.25) is 0 Å². The number of ether oxygens (including phenoxy) is 2. The molecule has 6 nitrogen and oxygen atoms in total. The highest BCUT2D eigenvalue weighted by atomic mass is 32.1. The first-order valence-corrected chi connectivity index (χ1v) is 6.56. The molecule has 7 heteroatoms. The zero-order chi connectivity index (χ0) is 14.7. The SMILES string of the molecule is COc1ccc(Nc2nc(C)c(C(=O)O)s2)cc1OC. The van der Waals surface area contributed by atoms with Crippen LogP contribution in [0.5, 0.6) is 11.5 Å². The van der Waals surface area contributed by atoms with Crippen molar-refractivity contribution in [1.82, 2.24) is 4.98 Å². The lowest BCUT2D eigenvalue weighted by atomic mass is 10.3. The summed E-state index contributed by atoms with van der Waals surface area (Å²) in [6.07, 6.45) is 0. The van der Waals surface area contributed by atoms with E-state index in [2.05, 4.69) is 10.3 Å². The van der Waals surface area contributed by atoms with Gasteiger partial charge in [-0.15, -0.1) is 0 Å². The number of nitrogens with one attached hydrogen (secondary N) is 1. The van der Waals surface area contributed by atoms with Gasteiger partial charge in [-0.3, -0.25) is 0 Å². The van der Waals surface area contributed by atoms with Gasteiger partial charge in [0.05, 0.1) is 19.9 Å². The average molecular weight is 294 g/mol. The second-order valence-electron chi connectivity index (χ2n) is 3.93. The smallest absolute Gasteiger partial charge is 0.347 e. The molecule has 2 aromatic rings. The molecule has 2 rings (SSSR count). The maximum Gasteiger partial charge on any atom is 0.347 e. The number of aromatic carboxylic acids is 1. The predicted molar refractivity (Wildman–Crippen MR) is 76.6 cm³/mol. The molecule has 0 spiro atoms. The molecule has 2 N–H and O–H groups in total.